The third-order valence-corrected chi connectivity index (χ3v) is 4.59. The third kappa shape index (κ3) is 3.06. The minimum Gasteiger partial charge on any atom is -0.457 e. The number of aliphatic hydroxyl groups is 1. The zero-order valence-electron chi connectivity index (χ0n) is 12.4. The Hall–Kier alpha value is -2.57. The van der Waals surface area contributed by atoms with E-state index in [-0.39, 0.29) is 22.6 Å². The Morgan fingerprint density at radius 3 is 2.64 bits per heavy atom. The smallest absolute Gasteiger partial charge is 0.281 e. The van der Waals surface area contributed by atoms with E-state index in [0.717, 1.165) is 24.3 Å². The van der Waals surface area contributed by atoms with Gasteiger partial charge in [-0.1, -0.05) is 0 Å². The van der Waals surface area contributed by atoms with Crippen molar-refractivity contribution >= 4 is 10.7 Å². The fourth-order valence-corrected chi connectivity index (χ4v) is 3.38. The molecule has 1 aliphatic rings. The number of aliphatic hydroxyl groups excluding tert-OH is 1. The molecule has 5 nitrogen and oxygen atoms in total. The molecule has 2 aromatic rings. The molecule has 0 saturated heterocycles. The van der Waals surface area contributed by atoms with Crippen LogP contribution in [0.15, 0.2) is 35.2 Å². The van der Waals surface area contributed by atoms with E-state index in [2.05, 4.69) is 0 Å². The molecule has 0 aliphatic heterocycles. The Morgan fingerprint density at radius 1 is 1.28 bits per heavy atom. The summed E-state index contributed by atoms with van der Waals surface area (Å²) >= 11 is 0. The van der Waals surface area contributed by atoms with Crippen LogP contribution in [0.1, 0.15) is 22.8 Å². The van der Waals surface area contributed by atoms with Crippen LogP contribution >= 0.6 is 0 Å². The minimum absolute atomic E-state index is 0.0312. The van der Waals surface area contributed by atoms with Gasteiger partial charge in [0.1, 0.15) is 23.4 Å². The molecule has 3 rings (SSSR count). The highest BCUT2D eigenvalue weighted by atomic mass is 32.2. The van der Waals surface area contributed by atoms with E-state index in [4.69, 9.17) is 10.00 Å². The van der Waals surface area contributed by atoms with Crippen molar-refractivity contribution in [1.82, 2.24) is 0 Å². The second-order valence-electron chi connectivity index (χ2n) is 5.46. The second-order valence-corrected chi connectivity index (χ2v) is 6.46. The summed E-state index contributed by atoms with van der Waals surface area (Å²) in [4.78, 5) is -0.418. The highest BCUT2D eigenvalue weighted by Gasteiger charge is 2.49. The number of alkyl halides is 2. The van der Waals surface area contributed by atoms with Gasteiger partial charge in [-0.25, -0.2) is 21.6 Å². The maximum atomic E-state index is 13.9. The highest BCUT2D eigenvalue weighted by Crippen LogP contribution is 2.49. The average Bonchev–Trinajstić information content (AvgIpc) is 2.78. The van der Waals surface area contributed by atoms with Crippen LogP contribution in [0.2, 0.25) is 0 Å². The molecule has 130 valence electrons. The van der Waals surface area contributed by atoms with E-state index >= 15 is 0 Å². The predicted molar refractivity (Wildman–Crippen MR) is 79.8 cm³/mol. The minimum atomic E-state index is -3.55. The van der Waals surface area contributed by atoms with Gasteiger partial charge in [0.05, 0.1) is 16.5 Å². The summed E-state index contributed by atoms with van der Waals surface area (Å²) in [7, 11) is -3.20. The van der Waals surface area contributed by atoms with Crippen molar-refractivity contribution in [3.63, 3.8) is 0 Å². The van der Waals surface area contributed by atoms with Crippen molar-refractivity contribution in [2.45, 2.75) is 23.3 Å². The van der Waals surface area contributed by atoms with Crippen LogP contribution in [0.3, 0.4) is 0 Å². The molecule has 0 fully saturated rings. The zero-order valence-corrected chi connectivity index (χ0v) is 13.3. The molecule has 1 N–H and O–H groups in total. The number of rotatable bonds is 3. The molecule has 2 aromatic carbocycles. The quantitative estimate of drug-likeness (QED) is 0.813. The standard InChI is InChI=1S/C16H10F3NO4S/c17-9-3-8(7-20)4-10(5-9)24-12-1-2-13(25(22)23)14-11(12)6-16(18,19)15(14)21/h1-5,15,21,25H,6H2/t15-/m0/s1. The molecule has 0 aromatic heterocycles. The van der Waals surface area contributed by atoms with E-state index in [1.165, 1.54) is 6.07 Å². The number of benzene rings is 2. The molecule has 1 atom stereocenters. The molecule has 9 heteroatoms. The Morgan fingerprint density at radius 2 is 2.00 bits per heavy atom. The van der Waals surface area contributed by atoms with Crippen molar-refractivity contribution in [3.8, 4) is 17.6 Å². The van der Waals surface area contributed by atoms with E-state index in [0.29, 0.717) is 0 Å². The Labute approximate surface area is 141 Å². The van der Waals surface area contributed by atoms with Gasteiger partial charge in [0.15, 0.2) is 10.7 Å². The molecule has 0 amide bonds. The number of hydrogen-bond donors (Lipinski definition) is 2. The first-order valence-corrected chi connectivity index (χ1v) is 8.15. The number of ether oxygens (including phenoxy) is 1. The van der Waals surface area contributed by atoms with Gasteiger partial charge in [-0.05, 0) is 24.3 Å². The van der Waals surface area contributed by atoms with Gasteiger partial charge in [-0.15, -0.1) is 0 Å². The first kappa shape index (κ1) is 17.3. The van der Waals surface area contributed by atoms with Crippen molar-refractivity contribution in [1.29, 1.82) is 5.26 Å². The van der Waals surface area contributed by atoms with Gasteiger partial charge in [-0.2, -0.15) is 5.26 Å². The fraction of sp³-hybridized carbons (Fsp3) is 0.188. The first-order chi connectivity index (χ1) is 11.7. The van der Waals surface area contributed by atoms with E-state index < -0.39 is 45.4 Å². The normalized spacial score (nSPS) is 18.0. The lowest BCUT2D eigenvalue weighted by Gasteiger charge is -2.14. The predicted octanol–water partition coefficient (Wildman–Crippen LogP) is 2.68. The Balaban J connectivity index is 2.12. The maximum absolute atomic E-state index is 13.9. The summed E-state index contributed by atoms with van der Waals surface area (Å²) in [5.41, 5.74) is -0.622. The topological polar surface area (TPSA) is 87.4 Å². The van der Waals surface area contributed by atoms with Gasteiger partial charge >= 0.3 is 0 Å². The molecule has 25 heavy (non-hydrogen) atoms. The van der Waals surface area contributed by atoms with E-state index in [1.54, 1.807) is 6.07 Å². The Bertz CT molecular complexity index is 974. The van der Waals surface area contributed by atoms with Crippen LogP contribution < -0.4 is 4.74 Å². The van der Waals surface area contributed by atoms with Gasteiger partial charge in [0, 0.05) is 23.6 Å². The molecule has 0 heterocycles. The van der Waals surface area contributed by atoms with Crippen LogP contribution in [0.5, 0.6) is 11.5 Å². The lowest BCUT2D eigenvalue weighted by Crippen LogP contribution is -2.21. The summed E-state index contributed by atoms with van der Waals surface area (Å²) in [6, 6.07) is 7.06. The van der Waals surface area contributed by atoms with Crippen LogP contribution in [0, 0.1) is 17.1 Å². The van der Waals surface area contributed by atoms with Gasteiger partial charge in [0.2, 0.25) is 0 Å². The largest absolute Gasteiger partial charge is 0.457 e. The second kappa shape index (κ2) is 6.06. The monoisotopic (exact) mass is 369 g/mol. The summed E-state index contributed by atoms with van der Waals surface area (Å²) in [5, 5.41) is 18.6. The number of nitrogens with zero attached hydrogens (tertiary/aromatic N) is 1. The van der Waals surface area contributed by atoms with Crippen LogP contribution in [0.25, 0.3) is 0 Å². The Kier molecular flexibility index (Phi) is 4.18. The number of hydrogen-bond acceptors (Lipinski definition) is 5. The molecule has 0 unspecified atom stereocenters. The molecule has 0 radical (unpaired) electrons. The van der Waals surface area contributed by atoms with Crippen LogP contribution in [0.4, 0.5) is 13.2 Å². The third-order valence-electron chi connectivity index (χ3n) is 3.80. The summed E-state index contributed by atoms with van der Waals surface area (Å²) < 4.78 is 69.1. The lowest BCUT2D eigenvalue weighted by atomic mass is 10.1. The zero-order chi connectivity index (χ0) is 18.4. The number of halogens is 3. The summed E-state index contributed by atoms with van der Waals surface area (Å²) in [6.45, 7) is 0. The average molecular weight is 369 g/mol. The molecular formula is C16H10F3NO4S. The van der Waals surface area contributed by atoms with Crippen molar-refractivity contribution in [2.75, 3.05) is 0 Å². The van der Waals surface area contributed by atoms with Crippen molar-refractivity contribution in [2.24, 2.45) is 0 Å². The van der Waals surface area contributed by atoms with Crippen LogP contribution in [-0.2, 0) is 17.1 Å². The van der Waals surface area contributed by atoms with Crippen molar-refractivity contribution in [3.05, 3.63) is 52.8 Å². The molecule has 0 saturated carbocycles. The highest BCUT2D eigenvalue weighted by molar-refractivity contribution is 7.72. The summed E-state index contributed by atoms with van der Waals surface area (Å²) in [6.07, 6.45) is -3.20. The summed E-state index contributed by atoms with van der Waals surface area (Å²) in [5.74, 6) is -4.55. The van der Waals surface area contributed by atoms with Gasteiger partial charge < -0.3 is 9.84 Å². The molecule has 1 aliphatic carbocycles. The van der Waals surface area contributed by atoms with E-state index in [1.807, 2.05) is 0 Å². The maximum Gasteiger partial charge on any atom is 0.281 e. The molecule has 0 spiro atoms. The fourth-order valence-electron chi connectivity index (χ4n) is 2.73. The SMILES string of the molecule is N#Cc1cc(F)cc(Oc2ccc([SH](=O)=O)c3c2CC(F)(F)[C@H]3O)c1. The molecular weight excluding hydrogens is 359 g/mol. The molecule has 0 bridgehead atoms. The van der Waals surface area contributed by atoms with E-state index in [9.17, 15) is 26.7 Å². The van der Waals surface area contributed by atoms with Gasteiger partial charge in [0.25, 0.3) is 5.92 Å². The van der Waals surface area contributed by atoms with Gasteiger partial charge in [-0.3, -0.25) is 0 Å². The lowest BCUT2D eigenvalue weighted by molar-refractivity contribution is -0.0976. The van der Waals surface area contributed by atoms with Crippen LogP contribution in [-0.4, -0.2) is 19.4 Å². The first-order valence-electron chi connectivity index (χ1n) is 6.97. The van der Waals surface area contributed by atoms with Crippen molar-refractivity contribution < 1.29 is 31.4 Å². The number of fused-ring (bicyclic) bond motifs is 1. The number of thiol groups is 1. The number of nitriles is 1.